The van der Waals surface area contributed by atoms with E-state index >= 15 is 0 Å². The summed E-state index contributed by atoms with van der Waals surface area (Å²) in [4.78, 5) is 18.3. The largest absolute Gasteiger partial charge is 0.457 e. The molecule has 4 aromatic rings. The van der Waals surface area contributed by atoms with Gasteiger partial charge in [-0.3, -0.25) is 4.99 Å². The van der Waals surface area contributed by atoms with Crippen molar-refractivity contribution in [2.75, 3.05) is 18.4 Å². The molecule has 0 aliphatic carbocycles. The molecule has 0 saturated carbocycles. The van der Waals surface area contributed by atoms with E-state index in [0.717, 1.165) is 94.4 Å². The average molecular weight is 515 g/mol. The smallest absolute Gasteiger partial charge is 0.339 e. The minimum absolute atomic E-state index is 0.231. The molecule has 0 radical (unpaired) electrons. The van der Waals surface area contributed by atoms with E-state index in [9.17, 15) is 4.79 Å². The summed E-state index contributed by atoms with van der Waals surface area (Å²) < 4.78 is 12.4. The molecule has 194 valence electrons. The number of hydrogen-bond acceptors (Lipinski definition) is 5. The van der Waals surface area contributed by atoms with Crippen molar-refractivity contribution in [2.45, 2.75) is 39.2 Å². The molecule has 0 amide bonds. The summed E-state index contributed by atoms with van der Waals surface area (Å²) in [6, 6.07) is 24.5. The van der Waals surface area contributed by atoms with Crippen LogP contribution in [0.4, 0.5) is 5.69 Å². The fourth-order valence-electron chi connectivity index (χ4n) is 5.95. The van der Waals surface area contributed by atoms with Crippen molar-refractivity contribution in [3.05, 3.63) is 122 Å². The van der Waals surface area contributed by atoms with Crippen LogP contribution in [0.25, 0.3) is 5.57 Å². The Kier molecular flexibility index (Phi) is 5.92. The van der Waals surface area contributed by atoms with E-state index in [1.165, 1.54) is 11.1 Å². The Morgan fingerprint density at radius 1 is 0.923 bits per heavy atom. The van der Waals surface area contributed by atoms with Gasteiger partial charge in [0, 0.05) is 47.3 Å². The lowest BCUT2D eigenvalue weighted by Gasteiger charge is -2.27. The van der Waals surface area contributed by atoms with Crippen LogP contribution in [0, 0.1) is 6.92 Å². The van der Waals surface area contributed by atoms with E-state index in [1.54, 1.807) is 0 Å². The maximum Gasteiger partial charge on any atom is 0.339 e. The van der Waals surface area contributed by atoms with Crippen LogP contribution in [0.1, 0.15) is 56.6 Å². The van der Waals surface area contributed by atoms with E-state index in [2.05, 4.69) is 29.6 Å². The standard InChI is InChI=1S/C34H30N2O3/c1-21-7-4-8-22(15-21)20-38-34(37)26-12-3-2-11-25(26)33-27-16-23-9-5-13-35-29(23)18-31(27)39-32-19-30-24(17-28(32)33)10-6-14-36-30/h2-4,7-8,11-12,15-19,35H,5-6,9-10,13-14,20H2,1H3. The number of nitrogens with zero attached hydrogens (tertiary/aromatic N) is 1. The average Bonchev–Trinajstić information content (AvgIpc) is 2.97. The summed E-state index contributed by atoms with van der Waals surface area (Å²) in [6.45, 7) is 4.07. The molecule has 3 aliphatic heterocycles. The zero-order valence-corrected chi connectivity index (χ0v) is 22.0. The molecular weight excluding hydrogens is 484 g/mol. The fourth-order valence-corrected chi connectivity index (χ4v) is 5.95. The number of hydrogen-bond donors (Lipinski definition) is 1. The van der Waals surface area contributed by atoms with Gasteiger partial charge in [0.25, 0.3) is 0 Å². The van der Waals surface area contributed by atoms with E-state index in [-0.39, 0.29) is 12.6 Å². The number of carbonyl (C=O) groups excluding carboxylic acids is 1. The normalized spacial score (nSPS) is 14.9. The molecule has 5 nitrogen and oxygen atoms in total. The molecular formula is C34H30N2O3. The summed E-state index contributed by atoms with van der Waals surface area (Å²) in [5.41, 5.74) is 9.17. The molecule has 39 heavy (non-hydrogen) atoms. The van der Waals surface area contributed by atoms with Gasteiger partial charge in [-0.05, 0) is 73.1 Å². The number of anilines is 1. The number of fused-ring (bicyclic) bond motifs is 4. The molecule has 7 rings (SSSR count). The molecule has 0 fully saturated rings. The Morgan fingerprint density at radius 2 is 1.82 bits per heavy atom. The molecule has 4 aromatic carbocycles. The molecule has 3 heterocycles. The van der Waals surface area contributed by atoms with Crippen molar-refractivity contribution in [2.24, 2.45) is 4.99 Å². The van der Waals surface area contributed by atoms with Crippen molar-refractivity contribution >= 4 is 17.2 Å². The zero-order chi connectivity index (χ0) is 26.3. The van der Waals surface area contributed by atoms with Crippen molar-refractivity contribution in [1.82, 2.24) is 0 Å². The molecule has 3 aliphatic rings. The molecule has 0 spiro atoms. The van der Waals surface area contributed by atoms with Gasteiger partial charge in [-0.2, -0.15) is 0 Å². The summed E-state index contributed by atoms with van der Waals surface area (Å²) in [5.74, 6) is 1.24. The number of rotatable bonds is 4. The Morgan fingerprint density at radius 3 is 2.74 bits per heavy atom. The van der Waals surface area contributed by atoms with Gasteiger partial charge >= 0.3 is 5.97 Å². The fraction of sp³-hybridized carbons (Fsp3) is 0.235. The van der Waals surface area contributed by atoms with Crippen molar-refractivity contribution in [3.63, 3.8) is 0 Å². The Labute approximate surface area is 227 Å². The Balaban J connectivity index is 1.40. The molecule has 0 unspecified atom stereocenters. The van der Waals surface area contributed by atoms with Gasteiger partial charge in [0.1, 0.15) is 18.1 Å². The number of benzene rings is 4. The second kappa shape index (κ2) is 9.73. The first kappa shape index (κ1) is 23.7. The summed E-state index contributed by atoms with van der Waals surface area (Å²) in [7, 11) is 0. The van der Waals surface area contributed by atoms with Crippen LogP contribution in [0.5, 0.6) is 11.5 Å². The lowest BCUT2D eigenvalue weighted by molar-refractivity contribution is 0.0472. The first-order valence-electron chi connectivity index (χ1n) is 13.8. The van der Waals surface area contributed by atoms with Crippen LogP contribution in [0.3, 0.4) is 0 Å². The number of esters is 1. The van der Waals surface area contributed by atoms with Crippen molar-refractivity contribution < 1.29 is 14.3 Å². The van der Waals surface area contributed by atoms with E-state index in [1.807, 2.05) is 55.5 Å². The van der Waals surface area contributed by atoms with Gasteiger partial charge < -0.3 is 14.8 Å². The quantitative estimate of drug-likeness (QED) is 0.316. The lowest BCUT2D eigenvalue weighted by Crippen LogP contribution is -2.26. The van der Waals surface area contributed by atoms with Crippen LogP contribution < -0.4 is 20.6 Å². The van der Waals surface area contributed by atoms with Crippen LogP contribution >= 0.6 is 0 Å². The third kappa shape index (κ3) is 4.38. The van der Waals surface area contributed by atoms with Gasteiger partial charge in [0.2, 0.25) is 0 Å². The van der Waals surface area contributed by atoms with E-state index in [0.29, 0.717) is 5.56 Å². The van der Waals surface area contributed by atoms with Crippen LogP contribution in [-0.4, -0.2) is 19.1 Å². The minimum atomic E-state index is -0.332. The number of carbonyl (C=O) groups is 1. The Bertz CT molecular complexity index is 1760. The highest BCUT2D eigenvalue weighted by Crippen LogP contribution is 2.41. The molecule has 0 aromatic heterocycles. The second-order valence-corrected chi connectivity index (χ2v) is 10.6. The van der Waals surface area contributed by atoms with Gasteiger partial charge in [0.05, 0.1) is 10.9 Å². The molecule has 0 atom stereocenters. The highest BCUT2D eigenvalue weighted by molar-refractivity contribution is 5.99. The third-order valence-electron chi connectivity index (χ3n) is 7.84. The second-order valence-electron chi connectivity index (χ2n) is 10.6. The van der Waals surface area contributed by atoms with E-state index in [4.69, 9.17) is 14.5 Å². The maximum absolute atomic E-state index is 13.6. The first-order valence-corrected chi connectivity index (χ1v) is 13.8. The predicted molar refractivity (Wildman–Crippen MR) is 152 cm³/mol. The van der Waals surface area contributed by atoms with Gasteiger partial charge in [-0.1, -0.05) is 48.0 Å². The summed E-state index contributed by atoms with van der Waals surface area (Å²) in [5, 5.41) is 5.53. The molecule has 0 saturated heterocycles. The van der Waals surface area contributed by atoms with E-state index < -0.39 is 0 Å². The van der Waals surface area contributed by atoms with Gasteiger partial charge in [0.15, 0.2) is 0 Å². The number of ether oxygens (including phenoxy) is 2. The summed E-state index contributed by atoms with van der Waals surface area (Å²) in [6.07, 6.45) is 4.13. The lowest BCUT2D eigenvalue weighted by atomic mass is 9.87. The monoisotopic (exact) mass is 514 g/mol. The van der Waals surface area contributed by atoms with Crippen LogP contribution in [-0.2, 0) is 24.2 Å². The van der Waals surface area contributed by atoms with Gasteiger partial charge in [-0.15, -0.1) is 0 Å². The third-order valence-corrected chi connectivity index (χ3v) is 7.84. The van der Waals surface area contributed by atoms with Crippen molar-refractivity contribution in [3.8, 4) is 11.5 Å². The topological polar surface area (TPSA) is 59.9 Å². The minimum Gasteiger partial charge on any atom is -0.457 e. The van der Waals surface area contributed by atoms with Crippen molar-refractivity contribution in [1.29, 1.82) is 0 Å². The Hall–Kier alpha value is -4.38. The summed E-state index contributed by atoms with van der Waals surface area (Å²) >= 11 is 0. The predicted octanol–water partition coefficient (Wildman–Crippen LogP) is 5.63. The number of aryl methyl sites for hydroxylation is 3. The molecule has 5 heteroatoms. The molecule has 1 N–H and O–H groups in total. The highest BCUT2D eigenvalue weighted by Gasteiger charge is 2.27. The van der Waals surface area contributed by atoms with Gasteiger partial charge in [-0.25, -0.2) is 4.79 Å². The number of nitrogens with one attached hydrogen (secondary N) is 1. The molecule has 0 bridgehead atoms. The zero-order valence-electron chi connectivity index (χ0n) is 22.0. The van der Waals surface area contributed by atoms with Crippen LogP contribution in [0.15, 0.2) is 77.8 Å². The maximum atomic E-state index is 13.6. The first-order chi connectivity index (χ1) is 19.1. The SMILES string of the molecule is Cc1cccc(COC(=O)c2ccccc2C2=c3cc4c(cc3Oc3cc5c(cc32)CCCN5)=NCCC4)c1. The highest BCUT2D eigenvalue weighted by atomic mass is 16.5. The van der Waals surface area contributed by atoms with Crippen LogP contribution in [0.2, 0.25) is 0 Å².